The summed E-state index contributed by atoms with van der Waals surface area (Å²) >= 11 is 7.30. The molecule has 0 aliphatic heterocycles. The van der Waals surface area contributed by atoms with Crippen LogP contribution in [-0.2, 0) is 6.54 Å². The fraction of sp³-hybridized carbons (Fsp3) is 0.188. The van der Waals surface area contributed by atoms with Crippen molar-refractivity contribution < 1.29 is 9.47 Å². The molecule has 0 fully saturated rings. The highest BCUT2D eigenvalue weighted by Gasteiger charge is 2.08. The first-order valence-electron chi connectivity index (χ1n) is 7.09. The topological polar surface area (TPSA) is 69.2 Å². The second-order valence-corrected chi connectivity index (χ2v) is 6.49. The van der Waals surface area contributed by atoms with Crippen LogP contribution in [0, 0.1) is 0 Å². The molecular formula is C16H15ClN4O2S. The lowest BCUT2D eigenvalue weighted by molar-refractivity contribution is 0.372. The minimum absolute atomic E-state index is 0.453. The summed E-state index contributed by atoms with van der Waals surface area (Å²) in [7, 11) is 3.12. The molecule has 3 aromatic rings. The van der Waals surface area contributed by atoms with Gasteiger partial charge in [0, 0.05) is 22.3 Å². The lowest BCUT2D eigenvalue weighted by Crippen LogP contribution is -1.99. The fourth-order valence-corrected chi connectivity index (χ4v) is 2.98. The molecule has 124 valence electrons. The van der Waals surface area contributed by atoms with Crippen molar-refractivity contribution in [3.63, 3.8) is 0 Å². The molecule has 8 heteroatoms. The molecular weight excluding hydrogens is 348 g/mol. The Balaban J connectivity index is 1.82. The van der Waals surface area contributed by atoms with E-state index >= 15 is 0 Å². The molecule has 3 rings (SSSR count). The number of methoxy groups -OCH3 is 2. The van der Waals surface area contributed by atoms with Crippen molar-refractivity contribution in [2.45, 2.75) is 6.54 Å². The third-order valence-corrected chi connectivity index (χ3v) is 4.33. The molecule has 0 aliphatic carbocycles. The number of thiazole rings is 1. The van der Waals surface area contributed by atoms with E-state index in [1.807, 2.05) is 24.3 Å². The molecule has 0 spiro atoms. The molecule has 0 radical (unpaired) electrons. The highest BCUT2D eigenvalue weighted by Crippen LogP contribution is 2.25. The van der Waals surface area contributed by atoms with Crippen LogP contribution in [0.25, 0.3) is 11.4 Å². The van der Waals surface area contributed by atoms with Crippen molar-refractivity contribution in [1.29, 1.82) is 0 Å². The average Bonchev–Trinajstić information content (AvgIpc) is 3.05. The van der Waals surface area contributed by atoms with Crippen molar-refractivity contribution >= 4 is 28.6 Å². The van der Waals surface area contributed by atoms with Crippen molar-refractivity contribution in [2.24, 2.45) is 0 Å². The summed E-state index contributed by atoms with van der Waals surface area (Å²) in [5.74, 6) is 1.44. The predicted octanol–water partition coefficient (Wildman–Crippen LogP) is 3.88. The Morgan fingerprint density at radius 3 is 2.50 bits per heavy atom. The lowest BCUT2D eigenvalue weighted by atomic mass is 10.2. The quantitative estimate of drug-likeness (QED) is 0.717. The molecule has 0 aliphatic rings. The molecule has 24 heavy (non-hydrogen) atoms. The van der Waals surface area contributed by atoms with Crippen LogP contribution in [0.2, 0.25) is 4.47 Å². The number of hydrogen-bond donors (Lipinski definition) is 1. The van der Waals surface area contributed by atoms with Crippen LogP contribution in [0.5, 0.6) is 11.8 Å². The number of ether oxygens (including phenoxy) is 2. The molecule has 6 nitrogen and oxygen atoms in total. The maximum Gasteiger partial charge on any atom is 0.220 e. The second-order valence-electron chi connectivity index (χ2n) is 4.79. The zero-order valence-corrected chi connectivity index (χ0v) is 14.7. The van der Waals surface area contributed by atoms with Crippen molar-refractivity contribution in [2.75, 3.05) is 19.5 Å². The molecule has 0 saturated carbocycles. The summed E-state index contributed by atoms with van der Waals surface area (Å²) < 4.78 is 10.9. The maximum atomic E-state index is 5.84. The number of benzene rings is 1. The summed E-state index contributed by atoms with van der Waals surface area (Å²) in [6.45, 7) is 0.649. The van der Waals surface area contributed by atoms with Crippen molar-refractivity contribution in [1.82, 2.24) is 15.0 Å². The molecule has 0 unspecified atom stereocenters. The van der Waals surface area contributed by atoms with Crippen LogP contribution in [0.15, 0.2) is 36.5 Å². The molecule has 1 N–H and O–H groups in total. The van der Waals surface area contributed by atoms with Gasteiger partial charge in [0.2, 0.25) is 11.8 Å². The Morgan fingerprint density at radius 2 is 1.88 bits per heavy atom. The summed E-state index contributed by atoms with van der Waals surface area (Å²) in [5, 5.41) is 3.34. The zero-order valence-electron chi connectivity index (χ0n) is 13.1. The number of anilines is 1. The van der Waals surface area contributed by atoms with Gasteiger partial charge in [-0.05, 0) is 12.1 Å². The van der Waals surface area contributed by atoms with Gasteiger partial charge in [-0.25, -0.2) is 4.98 Å². The number of halogens is 1. The summed E-state index contributed by atoms with van der Waals surface area (Å²) in [4.78, 5) is 13.8. The highest BCUT2D eigenvalue weighted by molar-refractivity contribution is 7.15. The van der Waals surface area contributed by atoms with E-state index in [0.29, 0.717) is 28.6 Å². The van der Waals surface area contributed by atoms with E-state index in [-0.39, 0.29) is 0 Å². The standard InChI is InChI=1S/C16H15ClN4O2S/c1-22-13-7-14(23-2)21-15(20-13)10-4-3-5-11(6-10)18-8-12-9-19-16(17)24-12/h3-7,9,18H,8H2,1-2H3. The maximum absolute atomic E-state index is 5.84. The number of aromatic nitrogens is 3. The van der Waals surface area contributed by atoms with E-state index in [0.717, 1.165) is 16.1 Å². The summed E-state index contributed by atoms with van der Waals surface area (Å²) in [5.41, 5.74) is 1.81. The molecule has 2 heterocycles. The third kappa shape index (κ3) is 3.93. The average molecular weight is 363 g/mol. The second kappa shape index (κ2) is 7.46. The molecule has 0 amide bonds. The number of hydrogen-bond acceptors (Lipinski definition) is 7. The Kier molecular flexibility index (Phi) is 5.12. The van der Waals surface area contributed by atoms with Gasteiger partial charge < -0.3 is 14.8 Å². The number of nitrogens with zero attached hydrogens (tertiary/aromatic N) is 3. The SMILES string of the molecule is COc1cc(OC)nc(-c2cccc(NCc3cnc(Cl)s3)c2)n1. The summed E-state index contributed by atoms with van der Waals surface area (Å²) in [6, 6.07) is 9.45. The van der Waals surface area contributed by atoms with Crippen molar-refractivity contribution in [3.05, 3.63) is 45.9 Å². The Morgan fingerprint density at radius 1 is 1.12 bits per heavy atom. The van der Waals surface area contributed by atoms with E-state index in [9.17, 15) is 0 Å². The summed E-state index contributed by atoms with van der Waals surface area (Å²) in [6.07, 6.45) is 1.76. The van der Waals surface area contributed by atoms with Gasteiger partial charge in [0.15, 0.2) is 10.3 Å². The lowest BCUT2D eigenvalue weighted by Gasteiger charge is -2.09. The van der Waals surface area contributed by atoms with Gasteiger partial charge in [0.1, 0.15) is 0 Å². The predicted molar refractivity (Wildman–Crippen MR) is 95.0 cm³/mol. The fourth-order valence-electron chi connectivity index (χ4n) is 2.06. The highest BCUT2D eigenvalue weighted by atomic mass is 35.5. The smallest absolute Gasteiger partial charge is 0.220 e. The first-order valence-corrected chi connectivity index (χ1v) is 8.29. The van der Waals surface area contributed by atoms with E-state index in [1.54, 1.807) is 26.5 Å². The Hall–Kier alpha value is -2.38. The molecule has 2 aromatic heterocycles. The molecule has 1 aromatic carbocycles. The Bertz CT molecular complexity index is 818. The largest absolute Gasteiger partial charge is 0.481 e. The first-order chi connectivity index (χ1) is 11.7. The zero-order chi connectivity index (χ0) is 16.9. The van der Waals surface area contributed by atoms with E-state index in [4.69, 9.17) is 21.1 Å². The van der Waals surface area contributed by atoms with Crippen LogP contribution < -0.4 is 14.8 Å². The van der Waals surface area contributed by atoms with Crippen LogP contribution in [0.4, 0.5) is 5.69 Å². The Labute approximate surface area is 148 Å². The van der Waals surface area contributed by atoms with Gasteiger partial charge >= 0.3 is 0 Å². The molecule has 0 atom stereocenters. The molecule has 0 saturated heterocycles. The minimum Gasteiger partial charge on any atom is -0.481 e. The van der Waals surface area contributed by atoms with E-state index in [2.05, 4.69) is 20.3 Å². The van der Waals surface area contributed by atoms with Gasteiger partial charge in [-0.3, -0.25) is 0 Å². The van der Waals surface area contributed by atoms with E-state index in [1.165, 1.54) is 11.3 Å². The van der Waals surface area contributed by atoms with Gasteiger partial charge in [0.05, 0.1) is 26.8 Å². The van der Waals surface area contributed by atoms with Crippen molar-refractivity contribution in [3.8, 4) is 23.1 Å². The molecule has 0 bridgehead atoms. The monoisotopic (exact) mass is 362 g/mol. The van der Waals surface area contributed by atoms with Gasteiger partial charge in [0.25, 0.3) is 0 Å². The minimum atomic E-state index is 0.453. The first kappa shape index (κ1) is 16.5. The normalized spacial score (nSPS) is 10.5. The van der Waals surface area contributed by atoms with Crippen LogP contribution >= 0.6 is 22.9 Å². The van der Waals surface area contributed by atoms with Crippen LogP contribution in [0.1, 0.15) is 4.88 Å². The third-order valence-electron chi connectivity index (χ3n) is 3.21. The van der Waals surface area contributed by atoms with E-state index < -0.39 is 0 Å². The van der Waals surface area contributed by atoms with Gasteiger partial charge in [-0.2, -0.15) is 9.97 Å². The number of nitrogens with one attached hydrogen (secondary N) is 1. The van der Waals surface area contributed by atoms with Gasteiger partial charge in [-0.1, -0.05) is 23.7 Å². The number of rotatable bonds is 6. The van der Waals surface area contributed by atoms with Gasteiger partial charge in [-0.15, -0.1) is 11.3 Å². The van der Waals surface area contributed by atoms with Crippen LogP contribution in [-0.4, -0.2) is 29.2 Å². The van der Waals surface area contributed by atoms with Crippen LogP contribution in [0.3, 0.4) is 0 Å².